The Morgan fingerprint density at radius 1 is 1.60 bits per heavy atom. The van der Waals surface area contributed by atoms with Gasteiger partial charge in [-0.2, -0.15) is 0 Å². The van der Waals surface area contributed by atoms with Gasteiger partial charge in [0.15, 0.2) is 0 Å². The fraction of sp³-hybridized carbons (Fsp3) is 0.286. The molecule has 0 unspecified atom stereocenters. The number of aromatic nitrogens is 1. The molecule has 1 aromatic heterocycles. The molecule has 0 atom stereocenters. The van der Waals surface area contributed by atoms with E-state index < -0.39 is 0 Å². The summed E-state index contributed by atoms with van der Waals surface area (Å²) in [6.07, 6.45) is 1.86. The lowest BCUT2D eigenvalue weighted by molar-refractivity contribution is -0.890. The van der Waals surface area contributed by atoms with Crippen LogP contribution in [0.3, 0.4) is 0 Å². The van der Waals surface area contributed by atoms with E-state index in [-0.39, 0.29) is 0 Å². The first-order chi connectivity index (χ1) is 4.75. The average Bonchev–Trinajstić information content (AvgIpc) is 1.95. The van der Waals surface area contributed by atoms with Crippen LogP contribution in [-0.4, -0.2) is 7.11 Å². The van der Waals surface area contributed by atoms with Gasteiger partial charge >= 0.3 is 0 Å². The smallest absolute Gasteiger partial charge is 0.245 e. The Morgan fingerprint density at radius 2 is 2.30 bits per heavy atom. The Balaban J connectivity index is 3.14. The van der Waals surface area contributed by atoms with E-state index >= 15 is 0 Å². The Morgan fingerprint density at radius 3 is 2.80 bits per heavy atom. The van der Waals surface area contributed by atoms with Crippen molar-refractivity contribution in [2.24, 2.45) is 0 Å². The molecule has 0 fully saturated rings. The highest BCUT2D eigenvalue weighted by atomic mass is 79.9. The van der Waals surface area contributed by atoms with E-state index in [0.717, 1.165) is 10.2 Å². The molecule has 3 heteroatoms. The summed E-state index contributed by atoms with van der Waals surface area (Å²) < 4.78 is 2.75. The molecule has 0 radical (unpaired) electrons. The van der Waals surface area contributed by atoms with Crippen LogP contribution < -0.4 is 9.57 Å². The number of halogens is 1. The predicted molar refractivity (Wildman–Crippen MR) is 41.6 cm³/mol. The summed E-state index contributed by atoms with van der Waals surface area (Å²) >= 11 is 3.39. The molecule has 0 aromatic carbocycles. The average molecular weight is 203 g/mol. The lowest BCUT2D eigenvalue weighted by atomic mass is 10.4. The third-order valence-electron chi connectivity index (χ3n) is 1.34. The Kier molecular flexibility index (Phi) is 2.27. The second-order valence-electron chi connectivity index (χ2n) is 1.95. The summed E-state index contributed by atoms with van der Waals surface area (Å²) in [6.45, 7) is 1.98. The third-order valence-corrected chi connectivity index (χ3v) is 2.18. The van der Waals surface area contributed by atoms with Crippen molar-refractivity contribution in [2.45, 2.75) is 6.92 Å². The van der Waals surface area contributed by atoms with Crippen LogP contribution in [0.15, 0.2) is 22.8 Å². The third kappa shape index (κ3) is 1.29. The topological polar surface area (TPSA) is 13.1 Å². The molecule has 0 aliphatic carbocycles. The van der Waals surface area contributed by atoms with Gasteiger partial charge < -0.3 is 0 Å². The van der Waals surface area contributed by atoms with Crippen molar-refractivity contribution in [3.8, 4) is 0 Å². The van der Waals surface area contributed by atoms with Crippen LogP contribution in [-0.2, 0) is 0 Å². The van der Waals surface area contributed by atoms with Crippen LogP contribution in [0.2, 0.25) is 0 Å². The SMILES string of the molecule is CO[n+]1cccc(Br)c1C. The first kappa shape index (κ1) is 7.54. The van der Waals surface area contributed by atoms with E-state index in [1.54, 1.807) is 11.8 Å². The van der Waals surface area contributed by atoms with E-state index in [2.05, 4.69) is 15.9 Å². The van der Waals surface area contributed by atoms with E-state index in [0.29, 0.717) is 0 Å². The van der Waals surface area contributed by atoms with Crippen molar-refractivity contribution in [1.29, 1.82) is 0 Å². The number of hydrogen-bond acceptors (Lipinski definition) is 1. The summed E-state index contributed by atoms with van der Waals surface area (Å²) in [5.41, 5.74) is 1.06. The first-order valence-corrected chi connectivity index (χ1v) is 3.76. The van der Waals surface area contributed by atoms with Gasteiger partial charge in [0.2, 0.25) is 11.9 Å². The molecule has 1 heterocycles. The highest BCUT2D eigenvalue weighted by molar-refractivity contribution is 9.10. The van der Waals surface area contributed by atoms with Crippen molar-refractivity contribution in [3.05, 3.63) is 28.5 Å². The van der Waals surface area contributed by atoms with Crippen LogP contribution in [0, 0.1) is 6.92 Å². The lowest BCUT2D eigenvalue weighted by Gasteiger charge is -1.94. The zero-order chi connectivity index (χ0) is 7.56. The molecule has 0 aliphatic rings. The lowest BCUT2D eigenvalue weighted by Crippen LogP contribution is -2.43. The second kappa shape index (κ2) is 3.01. The van der Waals surface area contributed by atoms with E-state index in [9.17, 15) is 0 Å². The van der Waals surface area contributed by atoms with Gasteiger partial charge in [0.25, 0.3) is 0 Å². The highest BCUT2D eigenvalue weighted by Crippen LogP contribution is 2.09. The standard InChI is InChI=1S/C7H9BrNO/c1-6-7(8)4-3-5-9(6)10-2/h3-5H,1-2H3/q+1. The molecule has 54 valence electrons. The maximum Gasteiger partial charge on any atom is 0.245 e. The second-order valence-corrected chi connectivity index (χ2v) is 2.80. The van der Waals surface area contributed by atoms with Crippen molar-refractivity contribution in [2.75, 3.05) is 7.11 Å². The zero-order valence-corrected chi connectivity index (χ0v) is 7.55. The molecule has 0 aliphatic heterocycles. The van der Waals surface area contributed by atoms with Gasteiger partial charge in [0, 0.05) is 17.7 Å². The number of rotatable bonds is 1. The molecule has 0 N–H and O–H groups in total. The van der Waals surface area contributed by atoms with Gasteiger partial charge in [0.05, 0.1) is 4.47 Å². The predicted octanol–water partition coefficient (Wildman–Crippen LogP) is 1.10. The van der Waals surface area contributed by atoms with Crippen LogP contribution in [0.5, 0.6) is 0 Å². The molecule has 0 saturated heterocycles. The monoisotopic (exact) mass is 202 g/mol. The van der Waals surface area contributed by atoms with Gasteiger partial charge in [-0.15, -0.1) is 0 Å². The number of hydrogen-bond donors (Lipinski definition) is 0. The molecule has 10 heavy (non-hydrogen) atoms. The maximum atomic E-state index is 5.01. The van der Waals surface area contributed by atoms with Crippen molar-refractivity contribution < 1.29 is 9.57 Å². The molecule has 1 aromatic rings. The summed E-state index contributed by atoms with van der Waals surface area (Å²) in [5.74, 6) is 0. The molecule has 0 spiro atoms. The molecule has 2 nitrogen and oxygen atoms in total. The maximum absolute atomic E-state index is 5.01. The number of nitrogens with zero attached hydrogens (tertiary/aromatic N) is 1. The normalized spacial score (nSPS) is 9.50. The van der Waals surface area contributed by atoms with Gasteiger partial charge in [-0.05, 0) is 22.0 Å². The summed E-state index contributed by atoms with van der Waals surface area (Å²) in [7, 11) is 1.64. The largest absolute Gasteiger partial charge is 0.274 e. The molecule has 0 saturated carbocycles. The molecule has 0 amide bonds. The summed E-state index contributed by atoms with van der Waals surface area (Å²) in [4.78, 5) is 5.01. The van der Waals surface area contributed by atoms with Gasteiger partial charge in [-0.3, -0.25) is 4.84 Å². The van der Waals surface area contributed by atoms with Crippen molar-refractivity contribution in [1.82, 2.24) is 0 Å². The molecule has 0 bridgehead atoms. The van der Waals surface area contributed by atoms with E-state index in [4.69, 9.17) is 4.84 Å². The van der Waals surface area contributed by atoms with Gasteiger partial charge in [-0.1, -0.05) is 0 Å². The van der Waals surface area contributed by atoms with Crippen LogP contribution in [0.1, 0.15) is 5.69 Å². The molecular formula is C7H9BrNO+. The fourth-order valence-corrected chi connectivity index (χ4v) is 1.07. The summed E-state index contributed by atoms with van der Waals surface area (Å²) in [5, 5.41) is 0. The van der Waals surface area contributed by atoms with Crippen molar-refractivity contribution >= 4 is 15.9 Å². The van der Waals surface area contributed by atoms with Gasteiger partial charge in [0.1, 0.15) is 7.11 Å². The van der Waals surface area contributed by atoms with E-state index in [1.807, 2.05) is 25.3 Å². The van der Waals surface area contributed by atoms with E-state index in [1.165, 1.54) is 0 Å². The summed E-state index contributed by atoms with van der Waals surface area (Å²) in [6, 6.07) is 3.89. The Hall–Kier alpha value is -0.570. The molecular weight excluding hydrogens is 194 g/mol. The first-order valence-electron chi connectivity index (χ1n) is 2.97. The van der Waals surface area contributed by atoms with Crippen LogP contribution >= 0.6 is 15.9 Å². The quantitative estimate of drug-likeness (QED) is 0.623. The minimum atomic E-state index is 1.05. The fourth-order valence-electron chi connectivity index (χ4n) is 0.741. The zero-order valence-electron chi connectivity index (χ0n) is 5.97. The van der Waals surface area contributed by atoms with Gasteiger partial charge in [-0.25, -0.2) is 0 Å². The van der Waals surface area contributed by atoms with Crippen molar-refractivity contribution in [3.63, 3.8) is 0 Å². The van der Waals surface area contributed by atoms with Crippen LogP contribution in [0.25, 0.3) is 0 Å². The Labute approximate surface area is 68.5 Å². The number of pyridine rings is 1. The molecule has 1 rings (SSSR count). The minimum Gasteiger partial charge on any atom is -0.274 e. The minimum absolute atomic E-state index is 1.05. The highest BCUT2D eigenvalue weighted by Gasteiger charge is 2.07. The van der Waals surface area contributed by atoms with Crippen LogP contribution in [0.4, 0.5) is 0 Å². The Bertz CT molecular complexity index is 237.